The summed E-state index contributed by atoms with van der Waals surface area (Å²) < 4.78 is 16.2. The van der Waals surface area contributed by atoms with Crippen LogP contribution in [0.15, 0.2) is 0 Å². The van der Waals surface area contributed by atoms with Gasteiger partial charge in [-0.05, 0) is 19.3 Å². The number of ether oxygens (including phenoxy) is 3. The molecule has 17 heavy (non-hydrogen) atoms. The van der Waals surface area contributed by atoms with Crippen LogP contribution in [0.3, 0.4) is 0 Å². The molecular weight excluding hydrogens is 218 g/mol. The second kappa shape index (κ2) is 6.14. The predicted octanol–water partition coefficient (Wildman–Crippen LogP) is 1.33. The molecule has 2 N–H and O–H groups in total. The maximum Gasteiger partial charge on any atom is 0.0704 e. The molecule has 0 aromatic rings. The fraction of sp³-hybridized carbons (Fsp3) is 1.00. The third-order valence-electron chi connectivity index (χ3n) is 4.36. The lowest BCUT2D eigenvalue weighted by atomic mass is 9.61. The van der Waals surface area contributed by atoms with Crippen molar-refractivity contribution in [1.29, 1.82) is 0 Å². The standard InChI is InChI=1S/C13H25NO3/c1-15-6-7-16-8-9-17-12-10-11(14)13(12)4-2-3-5-13/h11-12H,2-10,14H2,1H3. The van der Waals surface area contributed by atoms with E-state index in [2.05, 4.69) is 0 Å². The fourth-order valence-electron chi connectivity index (χ4n) is 3.23. The first kappa shape index (κ1) is 13.3. The average molecular weight is 243 g/mol. The summed E-state index contributed by atoms with van der Waals surface area (Å²) in [5.41, 5.74) is 6.46. The third-order valence-corrected chi connectivity index (χ3v) is 4.36. The van der Waals surface area contributed by atoms with Crippen molar-refractivity contribution in [2.75, 3.05) is 33.5 Å². The van der Waals surface area contributed by atoms with Gasteiger partial charge in [-0.2, -0.15) is 0 Å². The van der Waals surface area contributed by atoms with Crippen LogP contribution in [0.2, 0.25) is 0 Å². The van der Waals surface area contributed by atoms with E-state index in [1.165, 1.54) is 25.7 Å². The zero-order valence-corrected chi connectivity index (χ0v) is 10.8. The highest BCUT2D eigenvalue weighted by molar-refractivity contribution is 5.08. The summed E-state index contributed by atoms with van der Waals surface area (Å²) in [5.74, 6) is 0. The molecule has 0 aromatic heterocycles. The molecule has 0 bridgehead atoms. The van der Waals surface area contributed by atoms with Crippen molar-refractivity contribution in [1.82, 2.24) is 0 Å². The van der Waals surface area contributed by atoms with Gasteiger partial charge in [0.15, 0.2) is 0 Å². The molecule has 2 saturated carbocycles. The molecule has 0 saturated heterocycles. The van der Waals surface area contributed by atoms with Crippen LogP contribution < -0.4 is 5.73 Å². The Labute approximate surface area is 104 Å². The Morgan fingerprint density at radius 1 is 1.12 bits per heavy atom. The molecule has 1 spiro atoms. The Hall–Kier alpha value is -0.160. The Morgan fingerprint density at radius 2 is 1.82 bits per heavy atom. The largest absolute Gasteiger partial charge is 0.382 e. The van der Waals surface area contributed by atoms with Gasteiger partial charge in [-0.1, -0.05) is 12.8 Å². The van der Waals surface area contributed by atoms with Crippen molar-refractivity contribution in [3.05, 3.63) is 0 Å². The SMILES string of the molecule is COCCOCCOC1CC(N)C12CCCC2. The second-order valence-corrected chi connectivity index (χ2v) is 5.25. The number of nitrogens with two attached hydrogens (primary N) is 1. The molecule has 2 atom stereocenters. The van der Waals surface area contributed by atoms with Crippen LogP contribution in [0, 0.1) is 5.41 Å². The van der Waals surface area contributed by atoms with Gasteiger partial charge in [-0.25, -0.2) is 0 Å². The molecule has 0 aromatic carbocycles. The van der Waals surface area contributed by atoms with Crippen molar-refractivity contribution >= 4 is 0 Å². The minimum absolute atomic E-state index is 0.312. The van der Waals surface area contributed by atoms with Crippen molar-refractivity contribution < 1.29 is 14.2 Å². The molecule has 4 nitrogen and oxygen atoms in total. The van der Waals surface area contributed by atoms with Gasteiger partial charge >= 0.3 is 0 Å². The molecule has 2 aliphatic rings. The van der Waals surface area contributed by atoms with Gasteiger partial charge in [0.2, 0.25) is 0 Å². The van der Waals surface area contributed by atoms with Crippen molar-refractivity contribution in [2.45, 2.75) is 44.2 Å². The van der Waals surface area contributed by atoms with Gasteiger partial charge in [0, 0.05) is 18.6 Å². The Balaban J connectivity index is 1.60. The van der Waals surface area contributed by atoms with Crippen molar-refractivity contribution in [3.63, 3.8) is 0 Å². The summed E-state index contributed by atoms with van der Waals surface area (Å²) in [6, 6.07) is 0.365. The van der Waals surface area contributed by atoms with Gasteiger partial charge in [0.25, 0.3) is 0 Å². The van der Waals surface area contributed by atoms with E-state index in [9.17, 15) is 0 Å². The van der Waals surface area contributed by atoms with Crippen LogP contribution in [-0.2, 0) is 14.2 Å². The fourth-order valence-corrected chi connectivity index (χ4v) is 3.23. The monoisotopic (exact) mass is 243 g/mol. The quantitative estimate of drug-likeness (QED) is 0.685. The van der Waals surface area contributed by atoms with Gasteiger partial charge in [0.1, 0.15) is 0 Å². The molecule has 2 rings (SSSR count). The number of rotatable bonds is 7. The lowest BCUT2D eigenvalue weighted by Crippen LogP contribution is -2.61. The smallest absolute Gasteiger partial charge is 0.0704 e. The molecule has 2 fully saturated rings. The first-order chi connectivity index (χ1) is 8.29. The van der Waals surface area contributed by atoms with Crippen LogP contribution in [0.1, 0.15) is 32.1 Å². The summed E-state index contributed by atoms with van der Waals surface area (Å²) in [6.45, 7) is 2.64. The summed E-state index contributed by atoms with van der Waals surface area (Å²) in [4.78, 5) is 0. The lowest BCUT2D eigenvalue weighted by Gasteiger charge is -2.52. The minimum Gasteiger partial charge on any atom is -0.382 e. The zero-order valence-electron chi connectivity index (χ0n) is 10.8. The molecule has 2 unspecified atom stereocenters. The van der Waals surface area contributed by atoms with E-state index >= 15 is 0 Å². The predicted molar refractivity (Wildman–Crippen MR) is 65.9 cm³/mol. The molecule has 0 radical (unpaired) electrons. The first-order valence-corrected chi connectivity index (χ1v) is 6.73. The number of hydrogen-bond donors (Lipinski definition) is 1. The highest BCUT2D eigenvalue weighted by atomic mass is 16.5. The minimum atomic E-state index is 0.312. The Morgan fingerprint density at radius 3 is 2.47 bits per heavy atom. The lowest BCUT2D eigenvalue weighted by molar-refractivity contribution is -0.133. The third kappa shape index (κ3) is 2.81. The van der Waals surface area contributed by atoms with E-state index in [0.29, 0.717) is 44.0 Å². The highest BCUT2D eigenvalue weighted by Gasteiger charge is 2.54. The number of methoxy groups -OCH3 is 1. The normalized spacial score (nSPS) is 30.7. The Kier molecular flexibility index (Phi) is 4.79. The molecule has 4 heteroatoms. The molecular formula is C13H25NO3. The van der Waals surface area contributed by atoms with E-state index in [1.807, 2.05) is 0 Å². The number of hydrogen-bond acceptors (Lipinski definition) is 4. The van der Waals surface area contributed by atoms with Gasteiger partial charge in [0.05, 0.1) is 32.5 Å². The second-order valence-electron chi connectivity index (χ2n) is 5.25. The topological polar surface area (TPSA) is 53.7 Å². The first-order valence-electron chi connectivity index (χ1n) is 6.73. The molecule has 0 aliphatic heterocycles. The molecule has 0 heterocycles. The van der Waals surface area contributed by atoms with Gasteiger partial charge < -0.3 is 19.9 Å². The van der Waals surface area contributed by atoms with Crippen LogP contribution >= 0.6 is 0 Å². The van der Waals surface area contributed by atoms with E-state index in [1.54, 1.807) is 7.11 Å². The van der Waals surface area contributed by atoms with Crippen molar-refractivity contribution in [2.24, 2.45) is 11.1 Å². The Bertz CT molecular complexity index is 229. The summed E-state index contributed by atoms with van der Waals surface area (Å²) in [6.07, 6.45) is 6.55. The summed E-state index contributed by atoms with van der Waals surface area (Å²) in [5, 5.41) is 0. The maximum atomic E-state index is 6.15. The van der Waals surface area contributed by atoms with E-state index in [0.717, 1.165) is 6.42 Å². The molecule has 0 amide bonds. The maximum absolute atomic E-state index is 6.15. The van der Waals surface area contributed by atoms with Crippen LogP contribution in [0.25, 0.3) is 0 Å². The average Bonchev–Trinajstić information content (AvgIpc) is 2.84. The molecule has 100 valence electrons. The molecule has 2 aliphatic carbocycles. The van der Waals surface area contributed by atoms with Gasteiger partial charge in [-0.15, -0.1) is 0 Å². The van der Waals surface area contributed by atoms with Crippen molar-refractivity contribution in [3.8, 4) is 0 Å². The summed E-state index contributed by atoms with van der Waals surface area (Å²) in [7, 11) is 1.68. The highest BCUT2D eigenvalue weighted by Crippen LogP contribution is 2.53. The van der Waals surface area contributed by atoms with E-state index in [4.69, 9.17) is 19.9 Å². The van der Waals surface area contributed by atoms with Gasteiger partial charge in [-0.3, -0.25) is 0 Å². The van der Waals surface area contributed by atoms with Crippen LogP contribution in [0.4, 0.5) is 0 Å². The van der Waals surface area contributed by atoms with E-state index < -0.39 is 0 Å². The zero-order chi connectivity index (χ0) is 12.1. The van der Waals surface area contributed by atoms with Crippen LogP contribution in [0.5, 0.6) is 0 Å². The van der Waals surface area contributed by atoms with E-state index in [-0.39, 0.29) is 0 Å². The summed E-state index contributed by atoms with van der Waals surface area (Å²) >= 11 is 0. The van der Waals surface area contributed by atoms with Crippen LogP contribution in [-0.4, -0.2) is 45.7 Å².